The second-order valence-corrected chi connectivity index (χ2v) is 1.74. The molecule has 0 aliphatic rings. The van der Waals surface area contributed by atoms with Crippen molar-refractivity contribution in [3.8, 4) is 0 Å². The molecule has 0 N–H and O–H groups in total. The number of ether oxygens (including phenoxy) is 1. The average Bonchev–Trinajstić information content (AvgIpc) is 1.88. The topological polar surface area (TPSA) is 38.7 Å². The van der Waals surface area contributed by atoms with Gasteiger partial charge in [0.2, 0.25) is 6.08 Å². The van der Waals surface area contributed by atoms with Crippen LogP contribution < -0.4 is 0 Å². The van der Waals surface area contributed by atoms with Gasteiger partial charge in [0.25, 0.3) is 0 Å². The lowest BCUT2D eigenvalue weighted by atomic mass is 10.2. The molecule has 0 aliphatic heterocycles. The van der Waals surface area contributed by atoms with E-state index in [9.17, 15) is 4.79 Å². The van der Waals surface area contributed by atoms with Gasteiger partial charge in [-0.1, -0.05) is 6.92 Å². The molecular formula is C6H11NO2. The third kappa shape index (κ3) is 3.88. The summed E-state index contributed by atoms with van der Waals surface area (Å²) in [7, 11) is 1.59. The zero-order valence-electron chi connectivity index (χ0n) is 5.76. The van der Waals surface area contributed by atoms with Crippen molar-refractivity contribution in [2.45, 2.75) is 19.4 Å². The molecule has 3 heteroatoms. The fraction of sp³-hybridized carbons (Fsp3) is 0.833. The van der Waals surface area contributed by atoms with E-state index in [1.54, 1.807) is 7.11 Å². The quantitative estimate of drug-likeness (QED) is 0.415. The van der Waals surface area contributed by atoms with Crippen molar-refractivity contribution in [1.29, 1.82) is 0 Å². The Morgan fingerprint density at radius 1 is 1.78 bits per heavy atom. The second-order valence-electron chi connectivity index (χ2n) is 1.74. The van der Waals surface area contributed by atoms with Crippen LogP contribution in [0.2, 0.25) is 0 Å². The summed E-state index contributed by atoms with van der Waals surface area (Å²) in [4.78, 5) is 13.2. The van der Waals surface area contributed by atoms with Crippen molar-refractivity contribution in [3.05, 3.63) is 0 Å². The van der Waals surface area contributed by atoms with Gasteiger partial charge < -0.3 is 4.74 Å². The second kappa shape index (κ2) is 5.48. The van der Waals surface area contributed by atoms with E-state index in [1.165, 1.54) is 6.08 Å². The first kappa shape index (κ1) is 8.34. The van der Waals surface area contributed by atoms with Gasteiger partial charge in [-0.2, -0.15) is 0 Å². The molecule has 0 aliphatic carbocycles. The molecule has 0 heterocycles. The van der Waals surface area contributed by atoms with Gasteiger partial charge in [-0.15, -0.1) is 0 Å². The summed E-state index contributed by atoms with van der Waals surface area (Å²) in [5.41, 5.74) is 0. The number of carbonyl (C=O) groups excluding carboxylic acids is 1. The Balaban J connectivity index is 3.53. The van der Waals surface area contributed by atoms with Crippen LogP contribution in [0.4, 0.5) is 0 Å². The minimum atomic E-state index is -0.00694. The van der Waals surface area contributed by atoms with Crippen LogP contribution in [-0.4, -0.2) is 25.8 Å². The molecule has 1 atom stereocenters. The molecule has 0 fully saturated rings. The summed E-state index contributed by atoms with van der Waals surface area (Å²) in [6.07, 6.45) is 2.32. The van der Waals surface area contributed by atoms with Crippen molar-refractivity contribution in [3.63, 3.8) is 0 Å². The predicted octanol–water partition coefficient (Wildman–Crippen LogP) is 0.747. The van der Waals surface area contributed by atoms with Crippen molar-refractivity contribution in [1.82, 2.24) is 0 Å². The molecule has 0 amide bonds. The fourth-order valence-electron chi connectivity index (χ4n) is 0.513. The molecule has 0 radical (unpaired) electrons. The van der Waals surface area contributed by atoms with E-state index in [0.29, 0.717) is 6.61 Å². The zero-order valence-corrected chi connectivity index (χ0v) is 5.76. The van der Waals surface area contributed by atoms with Gasteiger partial charge in [0, 0.05) is 7.11 Å². The molecule has 0 bridgehead atoms. The lowest BCUT2D eigenvalue weighted by Gasteiger charge is -2.03. The summed E-state index contributed by atoms with van der Waals surface area (Å²) in [6.45, 7) is 2.45. The van der Waals surface area contributed by atoms with E-state index in [4.69, 9.17) is 4.74 Å². The van der Waals surface area contributed by atoms with E-state index in [2.05, 4.69) is 4.99 Å². The largest absolute Gasteiger partial charge is 0.382 e. The standard InChI is InChI=1S/C6H11NO2/c1-3-6(4-9-2)7-5-8/h6H,3-4H2,1-2H3. The van der Waals surface area contributed by atoms with Gasteiger partial charge in [0.1, 0.15) is 0 Å². The van der Waals surface area contributed by atoms with Crippen LogP contribution in [0.25, 0.3) is 0 Å². The van der Waals surface area contributed by atoms with Gasteiger partial charge in [-0.25, -0.2) is 9.79 Å². The number of rotatable bonds is 4. The number of hydrogen-bond acceptors (Lipinski definition) is 3. The highest BCUT2D eigenvalue weighted by Gasteiger charge is 2.00. The minimum Gasteiger partial charge on any atom is -0.382 e. The molecule has 0 aromatic carbocycles. The SMILES string of the molecule is CCC(COC)N=C=O. The molecule has 0 spiro atoms. The van der Waals surface area contributed by atoms with Gasteiger partial charge >= 0.3 is 0 Å². The summed E-state index contributed by atoms with van der Waals surface area (Å²) >= 11 is 0. The third-order valence-corrected chi connectivity index (χ3v) is 1.07. The highest BCUT2D eigenvalue weighted by molar-refractivity contribution is 5.33. The first-order valence-corrected chi connectivity index (χ1v) is 2.91. The zero-order chi connectivity index (χ0) is 7.11. The summed E-state index contributed by atoms with van der Waals surface area (Å²) in [5.74, 6) is 0. The Morgan fingerprint density at radius 2 is 2.44 bits per heavy atom. The van der Waals surface area contributed by atoms with Gasteiger partial charge in [-0.3, -0.25) is 0 Å². The Kier molecular flexibility index (Phi) is 5.07. The predicted molar refractivity (Wildman–Crippen MR) is 34.1 cm³/mol. The molecule has 0 saturated heterocycles. The van der Waals surface area contributed by atoms with E-state index in [-0.39, 0.29) is 6.04 Å². The van der Waals surface area contributed by atoms with E-state index < -0.39 is 0 Å². The first-order valence-electron chi connectivity index (χ1n) is 2.91. The molecule has 0 saturated carbocycles. The molecule has 0 aromatic heterocycles. The van der Waals surface area contributed by atoms with Crippen LogP contribution in [0.5, 0.6) is 0 Å². The lowest BCUT2D eigenvalue weighted by molar-refractivity contribution is 0.179. The molecular weight excluding hydrogens is 118 g/mol. The van der Waals surface area contributed by atoms with Crippen LogP contribution in [0.3, 0.4) is 0 Å². The Morgan fingerprint density at radius 3 is 2.78 bits per heavy atom. The third-order valence-electron chi connectivity index (χ3n) is 1.07. The van der Waals surface area contributed by atoms with Crippen molar-refractivity contribution < 1.29 is 9.53 Å². The Bertz CT molecular complexity index is 108. The molecule has 0 aromatic rings. The maximum Gasteiger partial charge on any atom is 0.235 e. The molecule has 1 unspecified atom stereocenters. The normalized spacial score (nSPS) is 12.2. The fourth-order valence-corrected chi connectivity index (χ4v) is 0.513. The summed E-state index contributed by atoms with van der Waals surface area (Å²) in [6, 6.07) is -0.00694. The highest BCUT2D eigenvalue weighted by atomic mass is 16.5. The molecule has 9 heavy (non-hydrogen) atoms. The van der Waals surface area contributed by atoms with Crippen LogP contribution in [0, 0.1) is 0 Å². The van der Waals surface area contributed by atoms with Crippen LogP contribution in [0.15, 0.2) is 4.99 Å². The average molecular weight is 129 g/mol. The minimum absolute atomic E-state index is 0.00694. The molecule has 3 nitrogen and oxygen atoms in total. The molecule has 52 valence electrons. The Hall–Kier alpha value is -0.660. The van der Waals surface area contributed by atoms with Gasteiger partial charge in [0.05, 0.1) is 12.6 Å². The number of hydrogen-bond donors (Lipinski definition) is 0. The highest BCUT2D eigenvalue weighted by Crippen LogP contribution is 1.94. The first-order chi connectivity index (χ1) is 4.35. The summed E-state index contributed by atoms with van der Waals surface area (Å²) < 4.78 is 4.77. The van der Waals surface area contributed by atoms with Crippen LogP contribution in [-0.2, 0) is 9.53 Å². The number of aliphatic imine (C=N–C) groups is 1. The van der Waals surface area contributed by atoms with Crippen LogP contribution in [0.1, 0.15) is 13.3 Å². The monoisotopic (exact) mass is 129 g/mol. The van der Waals surface area contributed by atoms with Crippen molar-refractivity contribution >= 4 is 6.08 Å². The van der Waals surface area contributed by atoms with Crippen molar-refractivity contribution in [2.75, 3.05) is 13.7 Å². The maximum absolute atomic E-state index is 9.70. The maximum atomic E-state index is 9.70. The van der Waals surface area contributed by atoms with E-state index in [1.807, 2.05) is 6.92 Å². The summed E-state index contributed by atoms with van der Waals surface area (Å²) in [5, 5.41) is 0. The smallest absolute Gasteiger partial charge is 0.235 e. The number of isocyanates is 1. The Labute approximate surface area is 54.7 Å². The van der Waals surface area contributed by atoms with Gasteiger partial charge in [-0.05, 0) is 6.42 Å². The van der Waals surface area contributed by atoms with Crippen molar-refractivity contribution in [2.24, 2.45) is 4.99 Å². The number of nitrogens with zero attached hydrogens (tertiary/aromatic N) is 1. The molecule has 0 rings (SSSR count). The number of methoxy groups -OCH3 is 1. The lowest BCUT2D eigenvalue weighted by Crippen LogP contribution is -2.09. The van der Waals surface area contributed by atoms with Crippen LogP contribution >= 0.6 is 0 Å². The van der Waals surface area contributed by atoms with Gasteiger partial charge in [0.15, 0.2) is 0 Å². The van der Waals surface area contributed by atoms with E-state index >= 15 is 0 Å². The van der Waals surface area contributed by atoms with E-state index in [0.717, 1.165) is 6.42 Å².